The Bertz CT molecular complexity index is 575. The predicted octanol–water partition coefficient (Wildman–Crippen LogP) is 1.60. The van der Waals surface area contributed by atoms with E-state index in [1.165, 1.54) is 18.5 Å². The van der Waals surface area contributed by atoms with E-state index in [-0.39, 0.29) is 5.56 Å². The van der Waals surface area contributed by atoms with Crippen LogP contribution in [0.5, 0.6) is 0 Å². The van der Waals surface area contributed by atoms with Crippen molar-refractivity contribution in [2.45, 2.75) is 13.1 Å². The summed E-state index contributed by atoms with van der Waals surface area (Å²) in [5.74, 6) is -1.99. The number of carbonyl (C=O) groups is 1. The molecule has 0 fully saturated rings. The maximum absolute atomic E-state index is 13.4. The van der Waals surface area contributed by atoms with E-state index < -0.39 is 11.8 Å². The van der Waals surface area contributed by atoms with Crippen LogP contribution in [-0.2, 0) is 13.1 Å². The Morgan fingerprint density at radius 3 is 2.79 bits per heavy atom. The standard InChI is InChI=1S/C13H12FN3O2/c14-12-5-9(1-2-11(12)13(18)19)6-16-7-10-3-4-15-8-17-10/h1-5,8,16H,6-7H2,(H,18,19). The second-order valence-electron chi connectivity index (χ2n) is 3.92. The average molecular weight is 261 g/mol. The second kappa shape index (κ2) is 6.01. The van der Waals surface area contributed by atoms with Crippen molar-refractivity contribution in [2.24, 2.45) is 0 Å². The fraction of sp³-hybridized carbons (Fsp3) is 0.154. The maximum Gasteiger partial charge on any atom is 0.338 e. The molecule has 0 aliphatic rings. The lowest BCUT2D eigenvalue weighted by atomic mass is 10.1. The summed E-state index contributed by atoms with van der Waals surface area (Å²) in [6.45, 7) is 0.964. The summed E-state index contributed by atoms with van der Waals surface area (Å²) in [5.41, 5.74) is 1.19. The number of halogens is 1. The molecule has 19 heavy (non-hydrogen) atoms. The number of hydrogen-bond donors (Lipinski definition) is 2. The largest absolute Gasteiger partial charge is 0.478 e. The van der Waals surface area contributed by atoms with Crippen LogP contribution >= 0.6 is 0 Å². The van der Waals surface area contributed by atoms with Gasteiger partial charge >= 0.3 is 5.97 Å². The third-order valence-corrected chi connectivity index (χ3v) is 2.54. The molecule has 0 radical (unpaired) electrons. The first-order valence-electron chi connectivity index (χ1n) is 5.64. The zero-order valence-corrected chi connectivity index (χ0v) is 10.0. The van der Waals surface area contributed by atoms with Crippen molar-refractivity contribution in [1.29, 1.82) is 0 Å². The molecule has 2 aromatic rings. The number of rotatable bonds is 5. The van der Waals surface area contributed by atoms with Crippen LogP contribution in [0.25, 0.3) is 0 Å². The summed E-state index contributed by atoms with van der Waals surface area (Å²) in [5, 5.41) is 11.8. The van der Waals surface area contributed by atoms with Gasteiger partial charge in [0.1, 0.15) is 12.1 Å². The fourth-order valence-electron chi connectivity index (χ4n) is 1.60. The SMILES string of the molecule is O=C(O)c1ccc(CNCc2ccncn2)cc1F. The number of benzene rings is 1. The van der Waals surface area contributed by atoms with Crippen LogP contribution < -0.4 is 5.32 Å². The number of carboxylic acids is 1. The van der Waals surface area contributed by atoms with Gasteiger partial charge in [-0.15, -0.1) is 0 Å². The summed E-state index contributed by atoms with van der Waals surface area (Å²) in [6.07, 6.45) is 3.10. The van der Waals surface area contributed by atoms with Gasteiger partial charge in [0.05, 0.1) is 11.3 Å². The van der Waals surface area contributed by atoms with E-state index in [1.54, 1.807) is 18.3 Å². The molecule has 2 rings (SSSR count). The lowest BCUT2D eigenvalue weighted by molar-refractivity contribution is 0.0692. The van der Waals surface area contributed by atoms with E-state index in [9.17, 15) is 9.18 Å². The van der Waals surface area contributed by atoms with Gasteiger partial charge in [-0.1, -0.05) is 6.07 Å². The molecule has 0 aliphatic heterocycles. The van der Waals surface area contributed by atoms with Gasteiger partial charge in [0.25, 0.3) is 0 Å². The lowest BCUT2D eigenvalue weighted by Crippen LogP contribution is -2.14. The van der Waals surface area contributed by atoms with E-state index in [2.05, 4.69) is 15.3 Å². The van der Waals surface area contributed by atoms with E-state index in [0.717, 1.165) is 5.69 Å². The van der Waals surface area contributed by atoms with Crippen LogP contribution in [0.1, 0.15) is 21.6 Å². The zero-order valence-electron chi connectivity index (χ0n) is 10.0. The third kappa shape index (κ3) is 3.56. The molecule has 1 heterocycles. The van der Waals surface area contributed by atoms with Crippen molar-refractivity contribution >= 4 is 5.97 Å². The number of nitrogens with zero attached hydrogens (tertiary/aromatic N) is 2. The summed E-state index contributed by atoms with van der Waals surface area (Å²) >= 11 is 0. The molecular formula is C13H12FN3O2. The van der Waals surface area contributed by atoms with Crippen molar-refractivity contribution < 1.29 is 14.3 Å². The third-order valence-electron chi connectivity index (χ3n) is 2.54. The molecule has 0 atom stereocenters. The van der Waals surface area contributed by atoms with Gasteiger partial charge in [0.15, 0.2) is 0 Å². The minimum atomic E-state index is -1.27. The Morgan fingerprint density at radius 1 is 1.32 bits per heavy atom. The van der Waals surface area contributed by atoms with Gasteiger partial charge < -0.3 is 10.4 Å². The fourth-order valence-corrected chi connectivity index (χ4v) is 1.60. The van der Waals surface area contributed by atoms with Crippen molar-refractivity contribution in [3.8, 4) is 0 Å². The predicted molar refractivity (Wildman–Crippen MR) is 65.9 cm³/mol. The van der Waals surface area contributed by atoms with Gasteiger partial charge in [-0.2, -0.15) is 0 Å². The molecule has 0 saturated heterocycles. The van der Waals surface area contributed by atoms with Crippen molar-refractivity contribution in [3.05, 3.63) is 59.4 Å². The molecule has 6 heteroatoms. The van der Waals surface area contributed by atoms with Gasteiger partial charge in [-0.25, -0.2) is 19.2 Å². The second-order valence-corrected chi connectivity index (χ2v) is 3.92. The highest BCUT2D eigenvalue weighted by Crippen LogP contribution is 2.10. The van der Waals surface area contributed by atoms with Crippen molar-refractivity contribution in [3.63, 3.8) is 0 Å². The van der Waals surface area contributed by atoms with Crippen LogP contribution in [-0.4, -0.2) is 21.0 Å². The number of hydrogen-bond acceptors (Lipinski definition) is 4. The highest BCUT2D eigenvalue weighted by molar-refractivity contribution is 5.87. The highest BCUT2D eigenvalue weighted by atomic mass is 19.1. The van der Waals surface area contributed by atoms with Crippen LogP contribution in [0.2, 0.25) is 0 Å². The number of nitrogens with one attached hydrogen (secondary N) is 1. The maximum atomic E-state index is 13.4. The molecule has 0 unspecified atom stereocenters. The quantitative estimate of drug-likeness (QED) is 0.855. The minimum Gasteiger partial charge on any atom is -0.478 e. The molecule has 5 nitrogen and oxygen atoms in total. The molecule has 0 saturated carbocycles. The van der Waals surface area contributed by atoms with Gasteiger partial charge in [-0.05, 0) is 23.8 Å². The van der Waals surface area contributed by atoms with E-state index >= 15 is 0 Å². The molecule has 2 N–H and O–H groups in total. The molecule has 0 bridgehead atoms. The summed E-state index contributed by atoms with van der Waals surface area (Å²) in [4.78, 5) is 18.5. The normalized spacial score (nSPS) is 10.4. The Balaban J connectivity index is 1.93. The first kappa shape index (κ1) is 13.1. The molecule has 1 aromatic carbocycles. The van der Waals surface area contributed by atoms with Gasteiger partial charge in [-0.3, -0.25) is 0 Å². The Morgan fingerprint density at radius 2 is 2.16 bits per heavy atom. The van der Waals surface area contributed by atoms with Crippen LogP contribution in [0.3, 0.4) is 0 Å². The molecule has 0 spiro atoms. The van der Waals surface area contributed by atoms with Gasteiger partial charge in [0.2, 0.25) is 0 Å². The van der Waals surface area contributed by atoms with Crippen LogP contribution in [0, 0.1) is 5.82 Å². The van der Waals surface area contributed by atoms with E-state index in [0.29, 0.717) is 18.7 Å². The summed E-state index contributed by atoms with van der Waals surface area (Å²) in [6, 6.07) is 5.84. The summed E-state index contributed by atoms with van der Waals surface area (Å²) < 4.78 is 13.4. The number of aromatic nitrogens is 2. The molecule has 0 aliphatic carbocycles. The molecular weight excluding hydrogens is 249 g/mol. The molecule has 0 amide bonds. The average Bonchev–Trinajstić information content (AvgIpc) is 2.39. The number of aromatic carboxylic acids is 1. The van der Waals surface area contributed by atoms with Crippen molar-refractivity contribution in [2.75, 3.05) is 0 Å². The highest BCUT2D eigenvalue weighted by Gasteiger charge is 2.09. The molecule has 98 valence electrons. The summed E-state index contributed by atoms with van der Waals surface area (Å²) in [7, 11) is 0. The van der Waals surface area contributed by atoms with Crippen LogP contribution in [0.15, 0.2) is 36.8 Å². The zero-order chi connectivity index (χ0) is 13.7. The topological polar surface area (TPSA) is 75.1 Å². The van der Waals surface area contributed by atoms with Gasteiger partial charge in [0, 0.05) is 19.3 Å². The Kier molecular flexibility index (Phi) is 4.15. The monoisotopic (exact) mass is 261 g/mol. The van der Waals surface area contributed by atoms with E-state index in [4.69, 9.17) is 5.11 Å². The minimum absolute atomic E-state index is 0.320. The van der Waals surface area contributed by atoms with Crippen LogP contribution in [0.4, 0.5) is 4.39 Å². The first-order valence-corrected chi connectivity index (χ1v) is 5.64. The molecule has 1 aromatic heterocycles. The lowest BCUT2D eigenvalue weighted by Gasteiger charge is -2.05. The van der Waals surface area contributed by atoms with Crippen molar-refractivity contribution in [1.82, 2.24) is 15.3 Å². The number of carboxylic acid groups (broad SMARTS) is 1. The first-order chi connectivity index (χ1) is 9.16. The van der Waals surface area contributed by atoms with E-state index in [1.807, 2.05) is 0 Å². The Hall–Kier alpha value is -2.34. The Labute approximate surface area is 109 Å². The smallest absolute Gasteiger partial charge is 0.338 e.